The number of furan rings is 1. The number of hydrogen-bond acceptors (Lipinski definition) is 4. The van der Waals surface area contributed by atoms with Gasteiger partial charge in [0.1, 0.15) is 11.3 Å². The molecule has 3 heterocycles. The average Bonchev–Trinajstić information content (AvgIpc) is 3.44. The topological polar surface area (TPSA) is 55.9 Å². The van der Waals surface area contributed by atoms with E-state index in [9.17, 15) is 0 Å². The third-order valence-electron chi connectivity index (χ3n) is 5.60. The SMILES string of the molecule is CCc1ccc(CNCc2cn(Cc3ccccc3)nc2-c2cc3ccccc3o2)nc1. The van der Waals surface area contributed by atoms with Crippen LogP contribution >= 0.6 is 0 Å². The summed E-state index contributed by atoms with van der Waals surface area (Å²) in [5.74, 6) is 0.792. The lowest BCUT2D eigenvalue weighted by atomic mass is 10.2. The van der Waals surface area contributed by atoms with Crippen molar-refractivity contribution in [2.45, 2.75) is 33.0 Å². The van der Waals surface area contributed by atoms with Crippen LogP contribution in [0.3, 0.4) is 0 Å². The van der Waals surface area contributed by atoms with Crippen molar-refractivity contribution in [1.82, 2.24) is 20.1 Å². The number of hydrogen-bond donors (Lipinski definition) is 1. The number of pyridine rings is 1. The first-order chi connectivity index (χ1) is 15.8. The highest BCUT2D eigenvalue weighted by molar-refractivity contribution is 5.82. The molecule has 0 bridgehead atoms. The molecule has 2 aromatic carbocycles. The summed E-state index contributed by atoms with van der Waals surface area (Å²) in [4.78, 5) is 4.55. The van der Waals surface area contributed by atoms with Crippen LogP contribution < -0.4 is 5.32 Å². The summed E-state index contributed by atoms with van der Waals surface area (Å²) in [5.41, 5.74) is 6.35. The Morgan fingerprint density at radius 1 is 0.906 bits per heavy atom. The number of aromatic nitrogens is 3. The molecule has 3 aromatic heterocycles. The predicted molar refractivity (Wildman–Crippen MR) is 127 cm³/mol. The quantitative estimate of drug-likeness (QED) is 0.354. The van der Waals surface area contributed by atoms with Crippen LogP contribution in [0.2, 0.25) is 0 Å². The molecule has 0 amide bonds. The molecule has 0 aliphatic carbocycles. The lowest BCUT2D eigenvalue weighted by Crippen LogP contribution is -2.14. The second-order valence-electron chi connectivity index (χ2n) is 7.95. The van der Waals surface area contributed by atoms with Crippen LogP contribution in [0.15, 0.2) is 89.6 Å². The molecule has 32 heavy (non-hydrogen) atoms. The maximum Gasteiger partial charge on any atom is 0.156 e. The fourth-order valence-corrected chi connectivity index (χ4v) is 3.84. The van der Waals surface area contributed by atoms with Crippen molar-refractivity contribution in [3.63, 3.8) is 0 Å². The van der Waals surface area contributed by atoms with Crippen molar-refractivity contribution in [2.75, 3.05) is 0 Å². The molecule has 1 N–H and O–H groups in total. The van der Waals surface area contributed by atoms with Crippen molar-refractivity contribution in [3.8, 4) is 11.5 Å². The molecule has 0 aliphatic rings. The van der Waals surface area contributed by atoms with Gasteiger partial charge in [-0.05, 0) is 35.7 Å². The monoisotopic (exact) mass is 422 g/mol. The molecule has 0 fully saturated rings. The summed E-state index contributed by atoms with van der Waals surface area (Å²) < 4.78 is 8.12. The molecule has 5 rings (SSSR count). The van der Waals surface area contributed by atoms with Gasteiger partial charge in [-0.15, -0.1) is 0 Å². The fraction of sp³-hybridized carbons (Fsp3) is 0.185. The van der Waals surface area contributed by atoms with Gasteiger partial charge >= 0.3 is 0 Å². The zero-order chi connectivity index (χ0) is 21.8. The average molecular weight is 423 g/mol. The van der Waals surface area contributed by atoms with Crippen molar-refractivity contribution < 1.29 is 4.42 Å². The number of nitrogens with one attached hydrogen (secondary N) is 1. The van der Waals surface area contributed by atoms with E-state index in [1.807, 2.05) is 35.1 Å². The fourth-order valence-electron chi connectivity index (χ4n) is 3.84. The maximum absolute atomic E-state index is 6.13. The summed E-state index contributed by atoms with van der Waals surface area (Å²) in [6.45, 7) is 4.24. The van der Waals surface area contributed by atoms with Gasteiger partial charge in [0.25, 0.3) is 0 Å². The molecule has 0 unspecified atom stereocenters. The molecular formula is C27H26N4O. The van der Waals surface area contributed by atoms with Crippen molar-refractivity contribution >= 4 is 11.0 Å². The number of aryl methyl sites for hydroxylation is 1. The van der Waals surface area contributed by atoms with Gasteiger partial charge in [0.2, 0.25) is 0 Å². The number of rotatable bonds is 8. The molecule has 5 heteroatoms. The molecule has 0 atom stereocenters. The normalized spacial score (nSPS) is 11.3. The highest BCUT2D eigenvalue weighted by atomic mass is 16.3. The Morgan fingerprint density at radius 3 is 2.53 bits per heavy atom. The van der Waals surface area contributed by atoms with Crippen LogP contribution in [0.25, 0.3) is 22.4 Å². The minimum absolute atomic E-state index is 0.679. The second-order valence-corrected chi connectivity index (χ2v) is 7.95. The third kappa shape index (κ3) is 4.48. The summed E-state index contributed by atoms with van der Waals surface area (Å²) in [7, 11) is 0. The van der Waals surface area contributed by atoms with Gasteiger partial charge in [0, 0.05) is 36.4 Å². The third-order valence-corrected chi connectivity index (χ3v) is 5.60. The van der Waals surface area contributed by atoms with Crippen LogP contribution in [0, 0.1) is 0 Å². The Kier molecular flexibility index (Phi) is 5.81. The molecule has 0 saturated carbocycles. The number of benzene rings is 2. The standard InChI is InChI=1S/C27H26N4O/c1-2-20-12-13-24(29-15-20)17-28-16-23-19-31(18-21-8-4-3-5-9-21)30-27(23)26-14-22-10-6-7-11-25(22)32-26/h3-15,19,28H,2,16-18H2,1H3. The number of para-hydroxylation sites is 1. The van der Waals surface area contributed by atoms with Gasteiger partial charge in [-0.2, -0.15) is 5.10 Å². The molecule has 0 spiro atoms. The van der Waals surface area contributed by atoms with E-state index < -0.39 is 0 Å². The Balaban J connectivity index is 1.39. The largest absolute Gasteiger partial charge is 0.454 e. The Hall–Kier alpha value is -3.70. The van der Waals surface area contributed by atoms with E-state index in [0.717, 1.165) is 40.1 Å². The van der Waals surface area contributed by atoms with Crippen molar-refractivity contribution in [2.24, 2.45) is 0 Å². The lowest BCUT2D eigenvalue weighted by Gasteiger charge is -2.05. The van der Waals surface area contributed by atoms with E-state index in [2.05, 4.69) is 72.0 Å². The van der Waals surface area contributed by atoms with E-state index in [1.54, 1.807) is 0 Å². The molecule has 0 saturated heterocycles. The molecular weight excluding hydrogens is 396 g/mol. The Morgan fingerprint density at radius 2 is 1.75 bits per heavy atom. The van der Waals surface area contributed by atoms with E-state index >= 15 is 0 Å². The smallest absolute Gasteiger partial charge is 0.156 e. The van der Waals surface area contributed by atoms with Crippen molar-refractivity contribution in [3.05, 3.63) is 108 Å². The minimum atomic E-state index is 0.679. The maximum atomic E-state index is 6.13. The van der Waals surface area contributed by atoms with Gasteiger partial charge in [0.05, 0.1) is 12.2 Å². The van der Waals surface area contributed by atoms with Gasteiger partial charge in [-0.25, -0.2) is 0 Å². The van der Waals surface area contributed by atoms with Gasteiger partial charge in [-0.1, -0.05) is 61.5 Å². The number of nitrogens with zero attached hydrogens (tertiary/aromatic N) is 3. The van der Waals surface area contributed by atoms with E-state index in [-0.39, 0.29) is 0 Å². The van der Waals surface area contributed by atoms with Crippen LogP contribution in [0.1, 0.15) is 29.3 Å². The van der Waals surface area contributed by atoms with Gasteiger partial charge < -0.3 is 9.73 Å². The molecule has 0 aliphatic heterocycles. The first-order valence-electron chi connectivity index (χ1n) is 11.0. The summed E-state index contributed by atoms with van der Waals surface area (Å²) in [6.07, 6.45) is 5.06. The highest BCUT2D eigenvalue weighted by Gasteiger charge is 2.16. The minimum Gasteiger partial charge on any atom is -0.454 e. The van der Waals surface area contributed by atoms with Crippen LogP contribution in [0.5, 0.6) is 0 Å². The predicted octanol–water partition coefficient (Wildman–Crippen LogP) is 5.59. The number of fused-ring (bicyclic) bond motifs is 1. The molecule has 5 aromatic rings. The lowest BCUT2D eigenvalue weighted by molar-refractivity contribution is 0.619. The van der Waals surface area contributed by atoms with E-state index in [0.29, 0.717) is 19.6 Å². The Labute approximate surface area is 187 Å². The summed E-state index contributed by atoms with van der Waals surface area (Å²) >= 11 is 0. The van der Waals surface area contributed by atoms with E-state index in [1.165, 1.54) is 11.1 Å². The Bertz CT molecular complexity index is 1270. The van der Waals surface area contributed by atoms with Gasteiger partial charge in [-0.3, -0.25) is 9.67 Å². The summed E-state index contributed by atoms with van der Waals surface area (Å²) in [6, 6.07) is 24.7. The summed E-state index contributed by atoms with van der Waals surface area (Å²) in [5, 5.41) is 9.49. The zero-order valence-corrected chi connectivity index (χ0v) is 18.2. The highest BCUT2D eigenvalue weighted by Crippen LogP contribution is 2.29. The van der Waals surface area contributed by atoms with Crippen LogP contribution in [0.4, 0.5) is 0 Å². The molecule has 5 nitrogen and oxygen atoms in total. The molecule has 0 radical (unpaired) electrons. The first-order valence-corrected chi connectivity index (χ1v) is 11.0. The van der Waals surface area contributed by atoms with E-state index in [4.69, 9.17) is 9.52 Å². The zero-order valence-electron chi connectivity index (χ0n) is 18.2. The first kappa shape index (κ1) is 20.2. The van der Waals surface area contributed by atoms with Gasteiger partial charge in [0.15, 0.2) is 5.76 Å². The van der Waals surface area contributed by atoms with Crippen molar-refractivity contribution in [1.29, 1.82) is 0 Å². The molecule has 160 valence electrons. The van der Waals surface area contributed by atoms with Crippen LogP contribution in [-0.4, -0.2) is 14.8 Å². The second kappa shape index (κ2) is 9.20. The van der Waals surface area contributed by atoms with Crippen LogP contribution in [-0.2, 0) is 26.1 Å².